The number of aromatic nitrogens is 2. The molecule has 5 heteroatoms. The molecule has 3 nitrogen and oxygen atoms in total. The molecule has 0 atom stereocenters. The first-order chi connectivity index (χ1) is 13.2. The van der Waals surface area contributed by atoms with Crippen molar-refractivity contribution >= 4 is 46.9 Å². The summed E-state index contributed by atoms with van der Waals surface area (Å²) in [5.74, 6) is 0. The van der Waals surface area contributed by atoms with Crippen molar-refractivity contribution in [3.05, 3.63) is 42.7 Å². The number of nitrogens with zero attached hydrogens (tertiary/aromatic N) is 3. The Morgan fingerprint density at radius 1 is 0.966 bits per heavy atom. The first-order valence-corrected chi connectivity index (χ1v) is 23.5. The van der Waals surface area contributed by atoms with Gasteiger partial charge in [0.15, 0.2) is 0 Å². The molecule has 0 saturated carbocycles. The van der Waals surface area contributed by atoms with E-state index in [0.717, 1.165) is 0 Å². The number of anilines is 1. The fraction of sp³-hybridized carbons (Fsp3) is 0.458. The van der Waals surface area contributed by atoms with Crippen LogP contribution in [0.5, 0.6) is 0 Å². The van der Waals surface area contributed by atoms with Gasteiger partial charge in [-0.2, -0.15) is 0 Å². The summed E-state index contributed by atoms with van der Waals surface area (Å²) in [7, 11) is 2.42. The third-order valence-corrected chi connectivity index (χ3v) is 17.6. The summed E-state index contributed by atoms with van der Waals surface area (Å²) in [5, 5.41) is 1.65. The van der Waals surface area contributed by atoms with Crippen LogP contribution in [0.15, 0.2) is 42.7 Å². The summed E-state index contributed by atoms with van der Waals surface area (Å²) >= 11 is -2.32. The van der Waals surface area contributed by atoms with Crippen LogP contribution in [0, 0.1) is 0 Å². The van der Waals surface area contributed by atoms with Crippen LogP contribution in [0.25, 0.3) is 22.2 Å². The summed E-state index contributed by atoms with van der Waals surface area (Å²) in [6, 6.07) is 11.2. The first-order valence-electron chi connectivity index (χ1n) is 10.5. The molecule has 0 fully saturated rings. The van der Waals surface area contributed by atoms with E-state index in [9.17, 15) is 0 Å². The number of benzene rings is 1. The molecule has 0 aliphatic carbocycles. The second-order valence-corrected chi connectivity index (χ2v) is 30.5. The molecule has 2 aromatic heterocycles. The van der Waals surface area contributed by atoms with Crippen LogP contribution in [0.4, 0.5) is 5.69 Å². The quantitative estimate of drug-likeness (QED) is 0.389. The predicted octanol–water partition coefficient (Wildman–Crippen LogP) is 6.17. The van der Waals surface area contributed by atoms with E-state index in [-0.39, 0.29) is 5.04 Å². The average molecular weight is 514 g/mol. The molecule has 156 valence electrons. The van der Waals surface area contributed by atoms with E-state index in [1.165, 1.54) is 27.8 Å². The van der Waals surface area contributed by atoms with Crippen molar-refractivity contribution in [2.24, 2.45) is 0 Å². The Hall–Kier alpha value is -1.27. The summed E-state index contributed by atoms with van der Waals surface area (Å²) < 4.78 is 4.18. The molecule has 1 aromatic carbocycles. The Morgan fingerprint density at radius 3 is 2.03 bits per heavy atom. The monoisotopic (exact) mass is 515 g/mol. The van der Waals surface area contributed by atoms with Gasteiger partial charge >= 0.3 is 183 Å². The van der Waals surface area contributed by atoms with E-state index >= 15 is 0 Å². The van der Waals surface area contributed by atoms with Crippen LogP contribution in [0.3, 0.4) is 0 Å². The normalized spacial score (nSPS) is 13.2. The second kappa shape index (κ2) is 7.45. The van der Waals surface area contributed by atoms with Gasteiger partial charge in [-0.25, -0.2) is 0 Å². The minimum absolute atomic E-state index is 0.270. The van der Waals surface area contributed by atoms with Crippen molar-refractivity contribution < 1.29 is 0 Å². The van der Waals surface area contributed by atoms with Crippen molar-refractivity contribution in [1.29, 1.82) is 0 Å². The van der Waals surface area contributed by atoms with Gasteiger partial charge < -0.3 is 0 Å². The zero-order valence-electron chi connectivity index (χ0n) is 19.9. The van der Waals surface area contributed by atoms with Gasteiger partial charge in [-0.3, -0.25) is 0 Å². The Kier molecular flexibility index (Phi) is 5.76. The Labute approximate surface area is 182 Å². The molecule has 2 heterocycles. The average Bonchev–Trinajstić information content (AvgIpc) is 3.00. The summed E-state index contributed by atoms with van der Waals surface area (Å²) in [5.41, 5.74) is 4.86. The number of pyridine rings is 1. The molecule has 0 unspecified atom stereocenters. The fourth-order valence-corrected chi connectivity index (χ4v) is 10.2. The van der Waals surface area contributed by atoms with Gasteiger partial charge in [0.25, 0.3) is 0 Å². The minimum atomic E-state index is -2.32. The van der Waals surface area contributed by atoms with E-state index in [4.69, 9.17) is 4.98 Å². The zero-order chi connectivity index (χ0) is 21.8. The van der Waals surface area contributed by atoms with E-state index in [2.05, 4.69) is 115 Å². The molecule has 0 N–H and O–H groups in total. The van der Waals surface area contributed by atoms with Crippen molar-refractivity contribution in [2.75, 3.05) is 19.0 Å². The summed E-state index contributed by atoms with van der Waals surface area (Å²) in [4.78, 5) is 14.7. The molecule has 0 aliphatic rings. The molecule has 0 aliphatic heterocycles. The summed E-state index contributed by atoms with van der Waals surface area (Å²) in [6.07, 6.45) is 4.56. The van der Waals surface area contributed by atoms with Gasteiger partial charge in [-0.15, -0.1) is 0 Å². The molecule has 3 rings (SSSR count). The van der Waals surface area contributed by atoms with Gasteiger partial charge in [0.2, 0.25) is 0 Å². The van der Waals surface area contributed by atoms with Crippen molar-refractivity contribution in [2.45, 2.75) is 53.7 Å². The number of hydrogen-bond donors (Lipinski definition) is 0. The van der Waals surface area contributed by atoms with Crippen LogP contribution in [-0.4, -0.2) is 49.9 Å². The van der Waals surface area contributed by atoms with E-state index in [1.807, 2.05) is 0 Å². The molecule has 29 heavy (non-hydrogen) atoms. The van der Waals surface area contributed by atoms with Crippen molar-refractivity contribution in [1.82, 2.24) is 9.22 Å². The molecule has 0 amide bonds. The summed E-state index contributed by atoms with van der Waals surface area (Å²) in [6.45, 7) is 12.1. The third kappa shape index (κ3) is 4.15. The zero-order valence-corrected chi connectivity index (χ0v) is 23.7. The SMILES string of the molecule is CN(C)c1ccc(-c2cnc3c(c2)[c]([Sn]([CH3])([CH3])[CH3])cn3[Si](C)(C)C(C)(C)C)cc1. The molecule has 0 spiro atoms. The van der Waals surface area contributed by atoms with Gasteiger partial charge in [-0.1, -0.05) is 0 Å². The van der Waals surface area contributed by atoms with Gasteiger partial charge in [0.1, 0.15) is 0 Å². The second-order valence-electron chi connectivity index (χ2n) is 11.0. The fourth-order valence-electron chi connectivity index (χ4n) is 3.60. The van der Waals surface area contributed by atoms with Crippen molar-refractivity contribution in [3.63, 3.8) is 0 Å². The molecule has 3 aromatic rings. The van der Waals surface area contributed by atoms with Gasteiger partial charge in [0.05, 0.1) is 0 Å². The van der Waals surface area contributed by atoms with Gasteiger partial charge in [0, 0.05) is 0 Å². The predicted molar refractivity (Wildman–Crippen MR) is 135 cm³/mol. The Bertz CT molecular complexity index is 1020. The molecule has 0 bridgehead atoms. The first kappa shape index (κ1) is 22.4. The standard InChI is InChI=1S/C21H28N3Si.3CH3.Sn/c1-21(2,3)25(6,7)24-13-12-17-14-18(15-22-20(17)24)16-8-10-19(11-9-16)23(4)5;;;;/h8-11,13-15H,1-7H3;3*1H3;. The van der Waals surface area contributed by atoms with E-state index in [0.29, 0.717) is 0 Å². The molecule has 0 saturated heterocycles. The van der Waals surface area contributed by atoms with Crippen LogP contribution in [0.2, 0.25) is 33.0 Å². The number of rotatable bonds is 4. The van der Waals surface area contributed by atoms with Crippen LogP contribution in [0.1, 0.15) is 20.8 Å². The van der Waals surface area contributed by atoms with Crippen LogP contribution < -0.4 is 8.48 Å². The third-order valence-electron chi connectivity index (χ3n) is 6.61. The maximum atomic E-state index is 5.05. The van der Waals surface area contributed by atoms with E-state index < -0.39 is 26.6 Å². The van der Waals surface area contributed by atoms with Crippen LogP contribution in [-0.2, 0) is 0 Å². The van der Waals surface area contributed by atoms with E-state index in [1.54, 1.807) is 3.58 Å². The van der Waals surface area contributed by atoms with Crippen molar-refractivity contribution in [3.8, 4) is 11.1 Å². The van der Waals surface area contributed by atoms with Crippen LogP contribution >= 0.6 is 0 Å². The topological polar surface area (TPSA) is 21.1 Å². The molecule has 0 radical (unpaired) electrons. The van der Waals surface area contributed by atoms with Gasteiger partial charge in [-0.05, 0) is 0 Å². The number of hydrogen-bond acceptors (Lipinski definition) is 2. The maximum absolute atomic E-state index is 5.05. The molecular formula is C24H37N3SiSn. The molecular weight excluding hydrogens is 477 g/mol. The Balaban J connectivity index is 2.22. The number of fused-ring (bicyclic) bond motifs is 1. The Morgan fingerprint density at radius 2 is 1.55 bits per heavy atom.